The van der Waals surface area contributed by atoms with Crippen LogP contribution in [0.5, 0.6) is 0 Å². The summed E-state index contributed by atoms with van der Waals surface area (Å²) in [5.41, 5.74) is 5.15. The van der Waals surface area contributed by atoms with Gasteiger partial charge in [-0.3, -0.25) is 19.3 Å². The zero-order chi connectivity index (χ0) is 30.3. The fourth-order valence-electron chi connectivity index (χ4n) is 4.37. The monoisotopic (exact) mass is 606 g/mol. The van der Waals surface area contributed by atoms with E-state index < -0.39 is 71.7 Å². The number of ether oxygens (including phenoxy) is 1. The number of esters is 2. The third-order valence-electron chi connectivity index (χ3n) is 6.28. The highest BCUT2D eigenvalue weighted by Gasteiger charge is 2.55. The Bertz CT molecular complexity index is 1350. The topological polar surface area (TPSA) is 139 Å². The minimum Gasteiger partial charge on any atom is -0.382 e. The highest BCUT2D eigenvalue weighted by molar-refractivity contribution is 8.00. The number of benzene rings is 1. The van der Waals surface area contributed by atoms with Crippen LogP contribution in [0, 0.1) is 0 Å². The van der Waals surface area contributed by atoms with Gasteiger partial charge in [0, 0.05) is 17.9 Å². The van der Waals surface area contributed by atoms with Gasteiger partial charge in [-0.15, -0.1) is 11.8 Å². The fraction of sp³-hybridized carbons (Fsp3) is 0.375. The Balaban J connectivity index is 1.60. The van der Waals surface area contributed by atoms with Crippen molar-refractivity contribution in [2.24, 2.45) is 5.73 Å². The number of halogens is 6. The van der Waals surface area contributed by atoms with Crippen LogP contribution in [0.25, 0.3) is 0 Å². The van der Waals surface area contributed by atoms with Crippen molar-refractivity contribution in [3.8, 4) is 0 Å². The molecule has 0 bridgehead atoms. The van der Waals surface area contributed by atoms with E-state index in [1.807, 2.05) is 0 Å². The Morgan fingerprint density at radius 3 is 2.39 bits per heavy atom. The molecule has 3 aliphatic rings. The summed E-state index contributed by atoms with van der Waals surface area (Å²) in [5, 5.41) is 1.40. The van der Waals surface area contributed by atoms with Gasteiger partial charge in [-0.25, -0.2) is 9.59 Å². The third kappa shape index (κ3) is 6.40. The molecule has 2 saturated heterocycles. The van der Waals surface area contributed by atoms with E-state index in [-0.39, 0.29) is 29.9 Å². The van der Waals surface area contributed by atoms with Crippen LogP contribution >= 0.6 is 11.8 Å². The van der Waals surface area contributed by atoms with Crippen molar-refractivity contribution >= 4 is 41.4 Å². The second kappa shape index (κ2) is 11.2. The Hall–Kier alpha value is -3.86. The number of carbonyl (C=O) groups excluding carboxylic acids is 5. The summed E-state index contributed by atoms with van der Waals surface area (Å²) in [7, 11) is 0. The van der Waals surface area contributed by atoms with Crippen LogP contribution in [0.3, 0.4) is 0 Å². The molecule has 41 heavy (non-hydrogen) atoms. The molecule has 17 heteroatoms. The van der Waals surface area contributed by atoms with E-state index in [0.717, 1.165) is 17.8 Å². The first-order valence-corrected chi connectivity index (χ1v) is 12.8. The van der Waals surface area contributed by atoms with E-state index >= 15 is 0 Å². The predicted molar refractivity (Wildman–Crippen MR) is 128 cm³/mol. The molecule has 3 heterocycles. The van der Waals surface area contributed by atoms with Crippen molar-refractivity contribution in [1.29, 1.82) is 0 Å². The molecule has 3 atom stereocenters. The minimum absolute atomic E-state index is 0.180. The zero-order valence-corrected chi connectivity index (χ0v) is 21.4. The quantitative estimate of drug-likeness (QED) is 0.164. The Morgan fingerprint density at radius 1 is 1.12 bits per heavy atom. The number of alkyl halides is 6. The number of fused-ring (bicyclic) bond motifs is 1. The normalized spacial score (nSPS) is 22.9. The van der Waals surface area contributed by atoms with E-state index in [1.165, 1.54) is 0 Å². The van der Waals surface area contributed by atoms with Crippen LogP contribution in [0.4, 0.5) is 26.3 Å². The second-order valence-electron chi connectivity index (χ2n) is 9.09. The van der Waals surface area contributed by atoms with Gasteiger partial charge in [-0.05, 0) is 23.6 Å². The van der Waals surface area contributed by atoms with E-state index in [9.17, 15) is 50.3 Å². The van der Waals surface area contributed by atoms with Gasteiger partial charge in [0.25, 0.3) is 5.91 Å². The molecule has 0 aliphatic carbocycles. The molecule has 1 aromatic rings. The van der Waals surface area contributed by atoms with E-state index in [4.69, 9.17) is 5.73 Å². The number of hydrogen-bond donors (Lipinski definition) is 2. The van der Waals surface area contributed by atoms with Gasteiger partial charge in [0.15, 0.2) is 0 Å². The molecule has 1 aromatic carbocycles. The van der Waals surface area contributed by atoms with E-state index in [1.54, 1.807) is 30.3 Å². The fourth-order valence-corrected chi connectivity index (χ4v) is 5.67. The molecule has 10 nitrogen and oxygen atoms in total. The summed E-state index contributed by atoms with van der Waals surface area (Å²) in [4.78, 5) is 63.5. The number of likely N-dealkylation sites (tertiary alicyclic amines) is 1. The molecule has 220 valence electrons. The molecule has 3 N–H and O–H groups in total. The molecule has 0 radical (unpaired) electrons. The second-order valence-corrected chi connectivity index (χ2v) is 10.2. The number of nitrogens with zero attached hydrogens (tertiary/aromatic N) is 2. The smallest absolute Gasteiger partial charge is 0.382 e. The van der Waals surface area contributed by atoms with Crippen molar-refractivity contribution in [2.45, 2.75) is 36.2 Å². The largest absolute Gasteiger partial charge is 0.491 e. The molecule has 0 aromatic heterocycles. The van der Waals surface area contributed by atoms with Gasteiger partial charge in [-0.2, -0.15) is 26.3 Å². The van der Waals surface area contributed by atoms with Crippen LogP contribution in [0.15, 0.2) is 53.3 Å². The van der Waals surface area contributed by atoms with Gasteiger partial charge in [0.05, 0.1) is 0 Å². The molecule has 3 aliphatic heterocycles. The maximum atomic E-state index is 13.0. The molecule has 4 rings (SSSR count). The Kier molecular flexibility index (Phi) is 8.22. The lowest BCUT2D eigenvalue weighted by Crippen LogP contribution is -2.71. The lowest BCUT2D eigenvalue weighted by molar-refractivity contribution is -0.201. The number of thioether (sulfide) groups is 1. The Morgan fingerprint density at radius 2 is 1.78 bits per heavy atom. The van der Waals surface area contributed by atoms with Crippen molar-refractivity contribution in [3.63, 3.8) is 0 Å². The lowest BCUT2D eigenvalue weighted by atomic mass is 10.00. The van der Waals surface area contributed by atoms with Crippen LogP contribution in [-0.2, 0) is 28.7 Å². The summed E-state index contributed by atoms with van der Waals surface area (Å²) >= 11 is 0.951. The number of β-lactam (4-membered cyclic amide) rings is 1. The van der Waals surface area contributed by atoms with Crippen LogP contribution < -0.4 is 11.1 Å². The average molecular weight is 607 g/mol. The van der Waals surface area contributed by atoms with Crippen molar-refractivity contribution in [1.82, 2.24) is 15.1 Å². The number of carbonyl (C=O) groups is 5. The van der Waals surface area contributed by atoms with Gasteiger partial charge < -0.3 is 20.7 Å². The number of hydrogen-bond acceptors (Lipinski definition) is 8. The summed E-state index contributed by atoms with van der Waals surface area (Å²) in [6.07, 6.45) is -9.42. The first-order chi connectivity index (χ1) is 19.1. The number of nitrogens with one attached hydrogen (secondary N) is 1. The third-order valence-corrected chi connectivity index (χ3v) is 7.58. The summed E-state index contributed by atoms with van der Waals surface area (Å²) in [6, 6.07) is 5.67. The van der Waals surface area contributed by atoms with Crippen LogP contribution in [0.1, 0.15) is 18.0 Å². The highest BCUT2D eigenvalue weighted by atomic mass is 32.2. The van der Waals surface area contributed by atoms with Gasteiger partial charge in [0.1, 0.15) is 29.7 Å². The predicted octanol–water partition coefficient (Wildman–Crippen LogP) is 1.69. The maximum absolute atomic E-state index is 13.0. The van der Waals surface area contributed by atoms with E-state index in [2.05, 4.69) is 10.1 Å². The first-order valence-electron chi connectivity index (χ1n) is 11.8. The maximum Gasteiger partial charge on any atom is 0.491 e. The average Bonchev–Trinajstić information content (AvgIpc) is 3.23. The molecule has 0 unspecified atom stereocenters. The van der Waals surface area contributed by atoms with Crippen LogP contribution in [-0.4, -0.2) is 82.1 Å². The first kappa shape index (κ1) is 30.1. The summed E-state index contributed by atoms with van der Waals surface area (Å²) in [6.45, 7) is -1.84. The van der Waals surface area contributed by atoms with Gasteiger partial charge >= 0.3 is 24.3 Å². The van der Waals surface area contributed by atoms with Gasteiger partial charge in [0.2, 0.25) is 11.8 Å². The Labute approximate surface area is 231 Å². The SMILES string of the molecule is N[C@@H](C(=O)N[C@@H]1C(=O)N2C(C(=O)OC(=O)C(F)(F)F)=C(/C=C3\CCN(CC(F)(F)F)C3=O)CS[C@H]12)c1ccccc1. The zero-order valence-electron chi connectivity index (χ0n) is 20.6. The molecular weight excluding hydrogens is 586 g/mol. The van der Waals surface area contributed by atoms with Gasteiger partial charge in [-0.1, -0.05) is 30.3 Å². The standard InChI is InChI=1S/C24H20F6N4O6S/c25-23(26,27)10-33-7-6-12(18(33)36)8-13-9-41-20-15(32-17(35)14(31)11-4-2-1-3-5-11)19(37)34(20)16(13)21(38)40-22(39)24(28,29)30/h1-5,8,14-15,20H,6-7,9-10,31H2,(H,32,35)/b12-8+/t14-,15-,20-/m1/s1. The molecule has 2 fully saturated rings. The summed E-state index contributed by atoms with van der Waals surface area (Å²) in [5.74, 6) is -7.68. The number of allylic oxidation sites excluding steroid dienone is 1. The molecular formula is C24H20F6N4O6S. The summed E-state index contributed by atoms with van der Waals surface area (Å²) < 4.78 is 80.6. The van der Waals surface area contributed by atoms with E-state index in [0.29, 0.717) is 15.4 Å². The van der Waals surface area contributed by atoms with Crippen molar-refractivity contribution < 1.29 is 55.1 Å². The number of nitrogens with two attached hydrogens (primary N) is 1. The molecule has 0 saturated carbocycles. The molecule has 0 spiro atoms. The van der Waals surface area contributed by atoms with Crippen molar-refractivity contribution in [2.75, 3.05) is 18.8 Å². The number of amides is 3. The van der Waals surface area contributed by atoms with Crippen LogP contribution in [0.2, 0.25) is 0 Å². The minimum atomic E-state index is -5.56. The highest BCUT2D eigenvalue weighted by Crippen LogP contribution is 2.42. The lowest BCUT2D eigenvalue weighted by Gasteiger charge is -2.49. The molecule has 3 amide bonds. The van der Waals surface area contributed by atoms with Crippen molar-refractivity contribution in [3.05, 3.63) is 58.8 Å². The number of rotatable bonds is 6.